The van der Waals surface area contributed by atoms with E-state index in [4.69, 9.17) is 4.42 Å². The van der Waals surface area contributed by atoms with Crippen LogP contribution < -0.4 is 10.2 Å². The van der Waals surface area contributed by atoms with Gasteiger partial charge in [-0.2, -0.15) is 0 Å². The number of nitrogens with zero attached hydrogens (tertiary/aromatic N) is 2. The summed E-state index contributed by atoms with van der Waals surface area (Å²) in [6.07, 6.45) is 1.79. The average Bonchev–Trinajstić information content (AvgIpc) is 2.96. The fraction of sp³-hybridized carbons (Fsp3) is 0.412. The van der Waals surface area contributed by atoms with Crippen molar-refractivity contribution in [3.05, 3.63) is 54.0 Å². The molecule has 112 valence electrons. The van der Waals surface area contributed by atoms with E-state index >= 15 is 0 Å². The third-order valence-electron chi connectivity index (χ3n) is 4.07. The molecule has 1 aromatic carbocycles. The molecule has 1 aromatic heterocycles. The summed E-state index contributed by atoms with van der Waals surface area (Å²) in [4.78, 5) is 4.92. The van der Waals surface area contributed by atoms with Crippen LogP contribution in [0.2, 0.25) is 0 Å². The predicted molar refractivity (Wildman–Crippen MR) is 85.4 cm³/mol. The summed E-state index contributed by atoms with van der Waals surface area (Å²) < 4.78 is 5.64. The van der Waals surface area contributed by atoms with Gasteiger partial charge < -0.3 is 14.6 Å². The van der Waals surface area contributed by atoms with E-state index < -0.39 is 0 Å². The summed E-state index contributed by atoms with van der Waals surface area (Å²) in [5.74, 6) is 1.09. The minimum atomic E-state index is 0.871. The van der Waals surface area contributed by atoms with Gasteiger partial charge in [-0.3, -0.25) is 4.90 Å². The Morgan fingerprint density at radius 1 is 1.05 bits per heavy atom. The monoisotopic (exact) mass is 285 g/mol. The third-order valence-corrected chi connectivity index (χ3v) is 4.07. The van der Waals surface area contributed by atoms with Gasteiger partial charge in [0, 0.05) is 44.0 Å². The molecule has 0 unspecified atom stereocenters. The molecule has 2 heterocycles. The van der Waals surface area contributed by atoms with Crippen LogP contribution in [0, 0.1) is 0 Å². The van der Waals surface area contributed by atoms with Gasteiger partial charge in [0.05, 0.1) is 12.8 Å². The number of anilines is 1. The molecule has 0 saturated carbocycles. The number of hydrogen-bond donors (Lipinski definition) is 1. The third kappa shape index (κ3) is 3.46. The van der Waals surface area contributed by atoms with Gasteiger partial charge in [0.25, 0.3) is 0 Å². The molecule has 4 heteroatoms. The summed E-state index contributed by atoms with van der Waals surface area (Å²) in [6.45, 7) is 6.09. The highest BCUT2D eigenvalue weighted by Gasteiger charge is 2.19. The van der Waals surface area contributed by atoms with E-state index in [2.05, 4.69) is 51.5 Å². The topological polar surface area (TPSA) is 31.7 Å². The maximum Gasteiger partial charge on any atom is 0.122 e. The molecule has 2 aromatic rings. The Labute approximate surface area is 126 Å². The number of hydrogen-bond acceptors (Lipinski definition) is 4. The average molecular weight is 285 g/mol. The minimum Gasteiger partial charge on any atom is -0.468 e. The fourth-order valence-corrected chi connectivity index (χ4v) is 2.86. The van der Waals surface area contributed by atoms with Crippen molar-refractivity contribution in [1.82, 2.24) is 10.2 Å². The molecule has 0 atom stereocenters. The van der Waals surface area contributed by atoms with Crippen LogP contribution in [0.15, 0.2) is 47.1 Å². The highest BCUT2D eigenvalue weighted by molar-refractivity contribution is 5.46. The van der Waals surface area contributed by atoms with Crippen molar-refractivity contribution in [3.63, 3.8) is 0 Å². The highest BCUT2D eigenvalue weighted by Crippen LogP contribution is 2.18. The standard InChI is InChI=1S/C17H23N3O/c1-18-13-15-7-12-21-17(15)14-19-8-10-20(11-9-19)16-5-3-2-4-6-16/h2-7,12,18H,8-11,13-14H2,1H3. The molecule has 1 fully saturated rings. The van der Waals surface area contributed by atoms with Crippen molar-refractivity contribution in [2.45, 2.75) is 13.1 Å². The molecule has 21 heavy (non-hydrogen) atoms. The lowest BCUT2D eigenvalue weighted by Gasteiger charge is -2.35. The summed E-state index contributed by atoms with van der Waals surface area (Å²) in [5.41, 5.74) is 2.59. The molecule has 1 aliphatic rings. The Kier molecular flexibility index (Phi) is 4.58. The SMILES string of the molecule is CNCc1ccoc1CN1CCN(c2ccccc2)CC1. The van der Waals surface area contributed by atoms with E-state index in [9.17, 15) is 0 Å². The number of nitrogens with one attached hydrogen (secondary N) is 1. The lowest BCUT2D eigenvalue weighted by atomic mass is 10.2. The largest absolute Gasteiger partial charge is 0.468 e. The summed E-state index contributed by atoms with van der Waals surface area (Å²) in [7, 11) is 1.97. The minimum absolute atomic E-state index is 0.871. The first kappa shape index (κ1) is 14.2. The van der Waals surface area contributed by atoms with Crippen LogP contribution in [0.1, 0.15) is 11.3 Å². The number of benzene rings is 1. The Bertz CT molecular complexity index is 544. The summed E-state index contributed by atoms with van der Waals surface area (Å²) >= 11 is 0. The molecule has 0 spiro atoms. The first-order valence-corrected chi connectivity index (χ1v) is 7.59. The Morgan fingerprint density at radius 2 is 1.81 bits per heavy atom. The zero-order valence-electron chi connectivity index (χ0n) is 12.6. The smallest absolute Gasteiger partial charge is 0.122 e. The molecule has 1 aliphatic heterocycles. The van der Waals surface area contributed by atoms with Gasteiger partial charge in [0.15, 0.2) is 0 Å². The van der Waals surface area contributed by atoms with Crippen molar-refractivity contribution in [2.24, 2.45) is 0 Å². The molecule has 0 radical (unpaired) electrons. The van der Waals surface area contributed by atoms with E-state index in [0.29, 0.717) is 0 Å². The zero-order valence-corrected chi connectivity index (χ0v) is 12.6. The molecule has 3 rings (SSSR count). The maximum absolute atomic E-state index is 5.64. The quantitative estimate of drug-likeness (QED) is 0.913. The second-order valence-electron chi connectivity index (χ2n) is 5.50. The van der Waals surface area contributed by atoms with Crippen molar-refractivity contribution < 1.29 is 4.42 Å². The van der Waals surface area contributed by atoms with Gasteiger partial charge in [-0.25, -0.2) is 0 Å². The second kappa shape index (κ2) is 6.78. The van der Waals surface area contributed by atoms with E-state index in [1.54, 1.807) is 6.26 Å². The Balaban J connectivity index is 1.55. The van der Waals surface area contributed by atoms with E-state index in [1.807, 2.05) is 7.05 Å². The Morgan fingerprint density at radius 3 is 2.52 bits per heavy atom. The Hall–Kier alpha value is -1.78. The number of piperazine rings is 1. The van der Waals surface area contributed by atoms with Crippen molar-refractivity contribution in [1.29, 1.82) is 0 Å². The van der Waals surface area contributed by atoms with E-state index in [-0.39, 0.29) is 0 Å². The molecule has 0 bridgehead atoms. The van der Waals surface area contributed by atoms with Crippen LogP contribution in [-0.2, 0) is 13.1 Å². The lowest BCUT2D eigenvalue weighted by Crippen LogP contribution is -2.46. The van der Waals surface area contributed by atoms with E-state index in [0.717, 1.165) is 45.0 Å². The van der Waals surface area contributed by atoms with Crippen molar-refractivity contribution in [3.8, 4) is 0 Å². The van der Waals surface area contributed by atoms with Gasteiger partial charge >= 0.3 is 0 Å². The predicted octanol–water partition coefficient (Wildman–Crippen LogP) is 2.32. The van der Waals surface area contributed by atoms with Gasteiger partial charge in [-0.05, 0) is 25.2 Å². The molecular weight excluding hydrogens is 262 g/mol. The van der Waals surface area contributed by atoms with Gasteiger partial charge in [-0.1, -0.05) is 18.2 Å². The lowest BCUT2D eigenvalue weighted by molar-refractivity contribution is 0.229. The molecule has 1 N–H and O–H groups in total. The van der Waals surface area contributed by atoms with Crippen molar-refractivity contribution in [2.75, 3.05) is 38.1 Å². The van der Waals surface area contributed by atoms with Crippen LogP contribution in [0.3, 0.4) is 0 Å². The van der Waals surface area contributed by atoms with Crippen LogP contribution in [0.4, 0.5) is 5.69 Å². The number of para-hydroxylation sites is 1. The fourth-order valence-electron chi connectivity index (χ4n) is 2.86. The summed E-state index contributed by atoms with van der Waals surface area (Å²) in [5, 5.41) is 3.19. The number of rotatable bonds is 5. The van der Waals surface area contributed by atoms with Crippen LogP contribution in [0.25, 0.3) is 0 Å². The molecule has 0 amide bonds. The van der Waals surface area contributed by atoms with Crippen LogP contribution >= 0.6 is 0 Å². The molecular formula is C17H23N3O. The first-order valence-electron chi connectivity index (χ1n) is 7.59. The first-order chi connectivity index (χ1) is 10.4. The van der Waals surface area contributed by atoms with Crippen LogP contribution in [0.5, 0.6) is 0 Å². The number of furan rings is 1. The second-order valence-corrected chi connectivity index (χ2v) is 5.50. The zero-order chi connectivity index (χ0) is 14.5. The summed E-state index contributed by atoms with van der Waals surface area (Å²) in [6, 6.07) is 12.7. The molecule has 0 aliphatic carbocycles. The molecule has 4 nitrogen and oxygen atoms in total. The maximum atomic E-state index is 5.64. The van der Waals surface area contributed by atoms with Crippen LogP contribution in [-0.4, -0.2) is 38.1 Å². The van der Waals surface area contributed by atoms with Crippen molar-refractivity contribution >= 4 is 5.69 Å². The molecule has 1 saturated heterocycles. The highest BCUT2D eigenvalue weighted by atomic mass is 16.3. The normalized spacial score (nSPS) is 16.3. The van der Waals surface area contributed by atoms with Gasteiger partial charge in [-0.15, -0.1) is 0 Å². The van der Waals surface area contributed by atoms with Gasteiger partial charge in [0.2, 0.25) is 0 Å². The van der Waals surface area contributed by atoms with E-state index in [1.165, 1.54) is 11.3 Å². The van der Waals surface area contributed by atoms with Gasteiger partial charge in [0.1, 0.15) is 5.76 Å².